The smallest absolute Gasteiger partial charge is 0.341 e. The van der Waals surface area contributed by atoms with Crippen LogP contribution in [0, 0.1) is 0 Å². The van der Waals surface area contributed by atoms with E-state index in [1.807, 2.05) is 24.3 Å². The lowest BCUT2D eigenvalue weighted by atomic mass is 10.1. The minimum absolute atomic E-state index is 0.0474. The fourth-order valence-corrected chi connectivity index (χ4v) is 2.34. The molecule has 25 heavy (non-hydrogen) atoms. The van der Waals surface area contributed by atoms with Gasteiger partial charge in [-0.25, -0.2) is 4.79 Å². The molecule has 2 rings (SSSR count). The van der Waals surface area contributed by atoms with Gasteiger partial charge >= 0.3 is 5.97 Å². The Bertz CT molecular complexity index is 727. The number of ether oxygens (including phenoxy) is 2. The normalized spacial score (nSPS) is 10.3. The fourth-order valence-electron chi connectivity index (χ4n) is 2.34. The number of likely N-dealkylation sites (N-methyl/N-ethyl adjacent to an activating group) is 1. The summed E-state index contributed by atoms with van der Waals surface area (Å²) >= 11 is 0. The van der Waals surface area contributed by atoms with Crippen LogP contribution in [0.25, 0.3) is 0 Å². The second-order valence-corrected chi connectivity index (χ2v) is 5.56. The van der Waals surface area contributed by atoms with Gasteiger partial charge in [0.2, 0.25) is 5.91 Å². The summed E-state index contributed by atoms with van der Waals surface area (Å²) in [5.74, 6) is -0.639. The number of carboxylic acid groups (broad SMARTS) is 1. The summed E-state index contributed by atoms with van der Waals surface area (Å²) in [6.45, 7) is 0.113. The number of rotatable bonds is 8. The van der Waals surface area contributed by atoms with Gasteiger partial charge < -0.3 is 19.5 Å². The van der Waals surface area contributed by atoms with Gasteiger partial charge in [0.15, 0.2) is 6.61 Å². The van der Waals surface area contributed by atoms with Crippen molar-refractivity contribution in [1.82, 2.24) is 0 Å². The Morgan fingerprint density at radius 1 is 1.08 bits per heavy atom. The Hall–Kier alpha value is -2.86. The molecule has 0 aliphatic heterocycles. The van der Waals surface area contributed by atoms with Crippen molar-refractivity contribution >= 4 is 17.6 Å². The molecule has 0 saturated carbocycles. The van der Waals surface area contributed by atoms with Crippen molar-refractivity contribution < 1.29 is 24.2 Å². The molecule has 0 fully saturated rings. The SMILES string of the molecule is COCc1cccc(CC(=O)N(C)c2ccc(OCC(=O)O)cc2)c1. The highest BCUT2D eigenvalue weighted by Crippen LogP contribution is 2.19. The first-order valence-corrected chi connectivity index (χ1v) is 7.77. The van der Waals surface area contributed by atoms with Crippen LogP contribution >= 0.6 is 0 Å². The molecule has 0 saturated heterocycles. The molecular formula is C19H21NO5. The van der Waals surface area contributed by atoms with E-state index < -0.39 is 12.6 Å². The van der Waals surface area contributed by atoms with Crippen molar-refractivity contribution in [3.63, 3.8) is 0 Å². The molecule has 0 atom stereocenters. The molecule has 1 N–H and O–H groups in total. The molecular weight excluding hydrogens is 322 g/mol. The molecule has 1 amide bonds. The van der Waals surface area contributed by atoms with Crippen LogP contribution in [0.4, 0.5) is 5.69 Å². The molecule has 0 aliphatic carbocycles. The Balaban J connectivity index is 1.99. The van der Waals surface area contributed by atoms with Crippen molar-refractivity contribution in [2.75, 3.05) is 25.7 Å². The number of carbonyl (C=O) groups excluding carboxylic acids is 1. The first kappa shape index (κ1) is 18.5. The molecule has 0 heterocycles. The predicted molar refractivity (Wildman–Crippen MR) is 93.8 cm³/mol. The second-order valence-electron chi connectivity index (χ2n) is 5.56. The average Bonchev–Trinajstić information content (AvgIpc) is 2.60. The van der Waals surface area contributed by atoms with Gasteiger partial charge in [-0.15, -0.1) is 0 Å². The number of hydrogen-bond acceptors (Lipinski definition) is 4. The van der Waals surface area contributed by atoms with E-state index in [0.29, 0.717) is 18.0 Å². The number of aliphatic carboxylic acids is 1. The van der Waals surface area contributed by atoms with Gasteiger partial charge in [0.05, 0.1) is 13.0 Å². The average molecular weight is 343 g/mol. The van der Waals surface area contributed by atoms with Crippen LogP contribution in [0.1, 0.15) is 11.1 Å². The third-order valence-electron chi connectivity index (χ3n) is 3.62. The van der Waals surface area contributed by atoms with Gasteiger partial charge in [0, 0.05) is 19.8 Å². The molecule has 132 valence electrons. The number of methoxy groups -OCH3 is 1. The van der Waals surface area contributed by atoms with Crippen molar-refractivity contribution in [1.29, 1.82) is 0 Å². The Morgan fingerprint density at radius 3 is 2.40 bits per heavy atom. The van der Waals surface area contributed by atoms with Crippen LogP contribution < -0.4 is 9.64 Å². The molecule has 0 bridgehead atoms. The molecule has 0 unspecified atom stereocenters. The molecule has 6 heteroatoms. The van der Waals surface area contributed by atoms with E-state index in [-0.39, 0.29) is 12.3 Å². The van der Waals surface area contributed by atoms with E-state index >= 15 is 0 Å². The third-order valence-corrected chi connectivity index (χ3v) is 3.62. The summed E-state index contributed by atoms with van der Waals surface area (Å²) in [4.78, 5) is 24.5. The van der Waals surface area contributed by atoms with Crippen LogP contribution in [0.5, 0.6) is 5.75 Å². The maximum atomic E-state index is 12.5. The minimum Gasteiger partial charge on any atom is -0.482 e. The zero-order valence-electron chi connectivity index (χ0n) is 14.3. The zero-order chi connectivity index (χ0) is 18.2. The Morgan fingerprint density at radius 2 is 1.76 bits per heavy atom. The highest BCUT2D eigenvalue weighted by atomic mass is 16.5. The maximum absolute atomic E-state index is 12.5. The lowest BCUT2D eigenvalue weighted by Crippen LogP contribution is -2.27. The largest absolute Gasteiger partial charge is 0.482 e. The molecule has 0 aromatic heterocycles. The summed E-state index contributed by atoms with van der Waals surface area (Å²) in [5.41, 5.74) is 2.66. The molecule has 6 nitrogen and oxygen atoms in total. The number of nitrogens with zero attached hydrogens (tertiary/aromatic N) is 1. The third kappa shape index (κ3) is 5.61. The molecule has 2 aromatic rings. The van der Waals surface area contributed by atoms with E-state index in [1.165, 1.54) is 0 Å². The lowest BCUT2D eigenvalue weighted by Gasteiger charge is -2.18. The first-order chi connectivity index (χ1) is 12.0. The fraction of sp³-hybridized carbons (Fsp3) is 0.263. The Labute approximate surface area is 146 Å². The number of amides is 1. The maximum Gasteiger partial charge on any atom is 0.341 e. The summed E-state index contributed by atoms with van der Waals surface area (Å²) < 4.78 is 10.2. The highest BCUT2D eigenvalue weighted by Gasteiger charge is 2.12. The Kier molecular flexibility index (Phi) is 6.54. The van der Waals surface area contributed by atoms with Crippen LogP contribution in [-0.4, -0.2) is 37.7 Å². The van der Waals surface area contributed by atoms with Crippen molar-refractivity contribution in [3.8, 4) is 5.75 Å². The van der Waals surface area contributed by atoms with E-state index in [9.17, 15) is 9.59 Å². The van der Waals surface area contributed by atoms with Gasteiger partial charge in [-0.1, -0.05) is 24.3 Å². The standard InChI is InChI=1S/C19H21NO5/c1-20(16-6-8-17(9-7-16)25-13-19(22)23)18(21)11-14-4-3-5-15(10-14)12-24-2/h3-10H,11-13H2,1-2H3,(H,22,23). The summed E-state index contributed by atoms with van der Waals surface area (Å²) in [6, 6.07) is 14.4. The number of carbonyl (C=O) groups is 2. The quantitative estimate of drug-likeness (QED) is 0.797. The minimum atomic E-state index is -1.04. The van der Waals surface area contributed by atoms with Crippen molar-refractivity contribution in [2.45, 2.75) is 13.0 Å². The molecule has 0 aliphatic rings. The second kappa shape index (κ2) is 8.84. The van der Waals surface area contributed by atoms with E-state index in [0.717, 1.165) is 11.1 Å². The van der Waals surface area contributed by atoms with Crippen LogP contribution in [0.3, 0.4) is 0 Å². The van der Waals surface area contributed by atoms with Gasteiger partial charge in [-0.3, -0.25) is 4.79 Å². The van der Waals surface area contributed by atoms with Gasteiger partial charge in [-0.2, -0.15) is 0 Å². The molecule has 0 spiro atoms. The van der Waals surface area contributed by atoms with E-state index in [1.54, 1.807) is 43.3 Å². The van der Waals surface area contributed by atoms with Crippen molar-refractivity contribution in [3.05, 3.63) is 59.7 Å². The number of hydrogen-bond donors (Lipinski definition) is 1. The first-order valence-electron chi connectivity index (χ1n) is 7.77. The summed E-state index contributed by atoms with van der Waals surface area (Å²) in [5, 5.41) is 8.60. The summed E-state index contributed by atoms with van der Waals surface area (Å²) in [6.07, 6.45) is 0.283. The van der Waals surface area contributed by atoms with Gasteiger partial charge in [-0.05, 0) is 35.4 Å². The van der Waals surface area contributed by atoms with Gasteiger partial charge in [0.25, 0.3) is 0 Å². The number of anilines is 1. The predicted octanol–water partition coefficient (Wildman–Crippen LogP) is 2.50. The summed E-state index contributed by atoms with van der Waals surface area (Å²) in [7, 11) is 3.34. The topological polar surface area (TPSA) is 76.1 Å². The molecule has 2 aromatic carbocycles. The zero-order valence-corrected chi connectivity index (χ0v) is 14.3. The van der Waals surface area contributed by atoms with Crippen LogP contribution in [0.15, 0.2) is 48.5 Å². The number of carboxylic acids is 1. The van der Waals surface area contributed by atoms with E-state index in [2.05, 4.69) is 0 Å². The highest BCUT2D eigenvalue weighted by molar-refractivity contribution is 5.94. The molecule has 0 radical (unpaired) electrons. The van der Waals surface area contributed by atoms with Crippen LogP contribution in [0.2, 0.25) is 0 Å². The van der Waals surface area contributed by atoms with Gasteiger partial charge in [0.1, 0.15) is 5.75 Å². The van der Waals surface area contributed by atoms with Crippen molar-refractivity contribution in [2.24, 2.45) is 0 Å². The lowest BCUT2D eigenvalue weighted by molar-refractivity contribution is -0.139. The van der Waals surface area contributed by atoms with Crippen LogP contribution in [-0.2, 0) is 27.4 Å². The van der Waals surface area contributed by atoms with E-state index in [4.69, 9.17) is 14.6 Å². The monoisotopic (exact) mass is 343 g/mol. The number of benzene rings is 2.